The zero-order valence-electron chi connectivity index (χ0n) is 20.7. The maximum atomic E-state index is 13.8. The Balaban J connectivity index is 1.99. The fourth-order valence-electron chi connectivity index (χ4n) is 3.98. The van der Waals surface area contributed by atoms with Crippen LogP contribution in [-0.4, -0.2) is 36.4 Å². The Bertz CT molecular complexity index is 1130. The molecule has 0 fully saturated rings. The molecule has 1 atom stereocenters. The molecule has 0 aliphatic heterocycles. The van der Waals surface area contributed by atoms with Crippen LogP contribution in [0.15, 0.2) is 72.8 Å². The lowest BCUT2D eigenvalue weighted by atomic mass is 10.0. The van der Waals surface area contributed by atoms with Crippen LogP contribution in [0.4, 0.5) is 0 Å². The van der Waals surface area contributed by atoms with Gasteiger partial charge in [-0.15, -0.1) is 0 Å². The summed E-state index contributed by atoms with van der Waals surface area (Å²) in [6, 6.07) is 21.7. The van der Waals surface area contributed by atoms with E-state index in [1.165, 1.54) is 0 Å². The molecule has 2 amide bonds. The van der Waals surface area contributed by atoms with Gasteiger partial charge in [-0.1, -0.05) is 85.1 Å². The van der Waals surface area contributed by atoms with Gasteiger partial charge in [0.25, 0.3) is 0 Å². The van der Waals surface area contributed by atoms with Gasteiger partial charge in [-0.3, -0.25) is 9.59 Å². The van der Waals surface area contributed by atoms with E-state index in [-0.39, 0.29) is 24.8 Å². The average Bonchev–Trinajstić information content (AvgIpc) is 2.89. The molecule has 0 aliphatic rings. The van der Waals surface area contributed by atoms with Gasteiger partial charge in [-0.25, -0.2) is 0 Å². The molecular formula is C29H32Cl2N2O3. The molecule has 3 aromatic rings. The van der Waals surface area contributed by atoms with Gasteiger partial charge in [0.05, 0.1) is 13.5 Å². The van der Waals surface area contributed by atoms with Gasteiger partial charge in [0.15, 0.2) is 0 Å². The molecule has 0 aromatic heterocycles. The van der Waals surface area contributed by atoms with Gasteiger partial charge in [0.1, 0.15) is 11.8 Å². The second-order valence-corrected chi connectivity index (χ2v) is 9.41. The van der Waals surface area contributed by atoms with E-state index in [1.807, 2.05) is 54.6 Å². The Morgan fingerprint density at radius 1 is 0.944 bits per heavy atom. The maximum Gasteiger partial charge on any atom is 0.243 e. The molecule has 0 unspecified atom stereocenters. The van der Waals surface area contributed by atoms with Crippen LogP contribution in [0, 0.1) is 0 Å². The molecular weight excluding hydrogens is 495 g/mol. The highest BCUT2D eigenvalue weighted by Crippen LogP contribution is 2.26. The number of carbonyl (C=O) groups excluding carboxylic acids is 2. The normalized spacial score (nSPS) is 11.6. The number of hydrogen-bond acceptors (Lipinski definition) is 3. The van der Waals surface area contributed by atoms with Crippen LogP contribution >= 0.6 is 23.2 Å². The third-order valence-corrected chi connectivity index (χ3v) is 6.69. The Hall–Kier alpha value is -3.02. The average molecular weight is 527 g/mol. The van der Waals surface area contributed by atoms with E-state index in [1.54, 1.807) is 30.2 Å². The first kappa shape index (κ1) is 27.6. The molecule has 7 heteroatoms. The largest absolute Gasteiger partial charge is 0.497 e. The molecule has 0 bridgehead atoms. The van der Waals surface area contributed by atoms with E-state index in [0.717, 1.165) is 24.0 Å². The van der Waals surface area contributed by atoms with E-state index in [9.17, 15) is 9.59 Å². The number of methoxy groups -OCH3 is 1. The van der Waals surface area contributed by atoms with E-state index < -0.39 is 6.04 Å². The predicted molar refractivity (Wildman–Crippen MR) is 146 cm³/mol. The number of benzene rings is 3. The summed E-state index contributed by atoms with van der Waals surface area (Å²) in [5.74, 6) is 0.259. The fourth-order valence-corrected chi connectivity index (χ4v) is 4.51. The van der Waals surface area contributed by atoms with Crippen LogP contribution in [0.3, 0.4) is 0 Å². The summed E-state index contributed by atoms with van der Waals surface area (Å²) < 4.78 is 5.38. The number of nitrogens with one attached hydrogen (secondary N) is 1. The molecule has 3 aromatic carbocycles. The van der Waals surface area contributed by atoms with Crippen molar-refractivity contribution >= 4 is 35.0 Å². The van der Waals surface area contributed by atoms with Crippen molar-refractivity contribution in [3.05, 3.63) is 99.5 Å². The van der Waals surface area contributed by atoms with Crippen molar-refractivity contribution in [2.24, 2.45) is 0 Å². The number of halogens is 2. The summed E-state index contributed by atoms with van der Waals surface area (Å²) in [4.78, 5) is 29.0. The second-order valence-electron chi connectivity index (χ2n) is 8.60. The highest BCUT2D eigenvalue weighted by Gasteiger charge is 2.31. The van der Waals surface area contributed by atoms with Gasteiger partial charge in [0.2, 0.25) is 11.8 Å². The topological polar surface area (TPSA) is 58.6 Å². The molecule has 0 spiro atoms. The van der Waals surface area contributed by atoms with Crippen LogP contribution in [0.2, 0.25) is 10.0 Å². The molecule has 0 aliphatic carbocycles. The minimum absolute atomic E-state index is 0.0179. The van der Waals surface area contributed by atoms with Gasteiger partial charge < -0.3 is 15.0 Å². The standard InChI is InChI=1S/C29H32Cl2N2O3/c1-3-4-16-32-29(35)27(18-21-10-6-5-7-11-21)33(20-22-12-8-13-23(17-22)36-2)28(34)19-24-25(30)14-9-15-26(24)31/h5-15,17,27H,3-4,16,18-20H2,1-2H3,(H,32,35)/t27-/m0/s1. The van der Waals surface area contributed by atoms with Gasteiger partial charge >= 0.3 is 0 Å². The fraction of sp³-hybridized carbons (Fsp3) is 0.310. The van der Waals surface area contributed by atoms with Crippen molar-refractivity contribution in [3.8, 4) is 5.75 Å². The van der Waals surface area contributed by atoms with Crippen LogP contribution < -0.4 is 10.1 Å². The monoisotopic (exact) mass is 526 g/mol. The molecule has 1 N–H and O–H groups in total. The Kier molecular flexibility index (Phi) is 10.6. The second kappa shape index (κ2) is 13.9. The van der Waals surface area contributed by atoms with Crippen molar-refractivity contribution in [3.63, 3.8) is 0 Å². The SMILES string of the molecule is CCCCNC(=O)[C@H](Cc1ccccc1)N(Cc1cccc(OC)c1)C(=O)Cc1c(Cl)cccc1Cl. The number of carbonyl (C=O) groups is 2. The molecule has 0 saturated carbocycles. The van der Waals surface area contributed by atoms with E-state index in [0.29, 0.717) is 34.3 Å². The van der Waals surface area contributed by atoms with Crippen molar-refractivity contribution in [1.29, 1.82) is 0 Å². The third-order valence-electron chi connectivity index (χ3n) is 5.98. The Morgan fingerprint density at radius 2 is 1.61 bits per heavy atom. The van der Waals surface area contributed by atoms with Gasteiger partial charge in [-0.2, -0.15) is 0 Å². The number of amides is 2. The lowest BCUT2D eigenvalue weighted by Crippen LogP contribution is -2.51. The number of rotatable bonds is 12. The van der Waals surface area contributed by atoms with Gasteiger partial charge in [-0.05, 0) is 47.4 Å². The van der Waals surface area contributed by atoms with E-state index >= 15 is 0 Å². The van der Waals surface area contributed by atoms with E-state index in [2.05, 4.69) is 12.2 Å². The molecule has 36 heavy (non-hydrogen) atoms. The zero-order chi connectivity index (χ0) is 25.9. The quantitative estimate of drug-likeness (QED) is 0.290. The number of unbranched alkanes of at least 4 members (excludes halogenated alkanes) is 1. The highest BCUT2D eigenvalue weighted by molar-refractivity contribution is 6.36. The first-order valence-electron chi connectivity index (χ1n) is 12.1. The van der Waals surface area contributed by atoms with E-state index in [4.69, 9.17) is 27.9 Å². The Morgan fingerprint density at radius 3 is 2.28 bits per heavy atom. The summed E-state index contributed by atoms with van der Waals surface area (Å²) in [6.07, 6.45) is 2.19. The molecule has 3 rings (SSSR count). The highest BCUT2D eigenvalue weighted by atomic mass is 35.5. The van der Waals surface area contributed by atoms with Crippen LogP contribution in [0.5, 0.6) is 5.75 Å². The lowest BCUT2D eigenvalue weighted by Gasteiger charge is -2.32. The molecule has 0 heterocycles. The first-order chi connectivity index (χ1) is 17.4. The smallest absolute Gasteiger partial charge is 0.243 e. The zero-order valence-corrected chi connectivity index (χ0v) is 22.2. The molecule has 190 valence electrons. The molecule has 0 saturated heterocycles. The number of ether oxygens (including phenoxy) is 1. The predicted octanol–water partition coefficient (Wildman–Crippen LogP) is 6.10. The van der Waals surface area contributed by atoms with Crippen molar-refractivity contribution < 1.29 is 14.3 Å². The number of hydrogen-bond donors (Lipinski definition) is 1. The minimum Gasteiger partial charge on any atom is -0.497 e. The van der Waals surface area contributed by atoms with Crippen molar-refractivity contribution in [2.75, 3.05) is 13.7 Å². The summed E-state index contributed by atoms with van der Waals surface area (Å²) in [6.45, 7) is 2.86. The summed E-state index contributed by atoms with van der Waals surface area (Å²) in [5.41, 5.74) is 2.37. The number of nitrogens with zero attached hydrogens (tertiary/aromatic N) is 1. The first-order valence-corrected chi connectivity index (χ1v) is 12.9. The third kappa shape index (κ3) is 7.74. The minimum atomic E-state index is -0.718. The van der Waals surface area contributed by atoms with Crippen molar-refractivity contribution in [1.82, 2.24) is 10.2 Å². The van der Waals surface area contributed by atoms with Crippen LogP contribution in [0.25, 0.3) is 0 Å². The Labute approximate surface area is 223 Å². The summed E-state index contributed by atoms with van der Waals surface area (Å²) >= 11 is 12.8. The lowest BCUT2D eigenvalue weighted by molar-refractivity contribution is -0.140. The maximum absolute atomic E-state index is 13.8. The molecule has 5 nitrogen and oxygen atoms in total. The summed E-state index contributed by atoms with van der Waals surface area (Å²) in [5, 5.41) is 3.87. The molecule has 0 radical (unpaired) electrons. The van der Waals surface area contributed by atoms with Crippen LogP contribution in [-0.2, 0) is 29.0 Å². The summed E-state index contributed by atoms with van der Waals surface area (Å²) in [7, 11) is 1.60. The van der Waals surface area contributed by atoms with Gasteiger partial charge in [0, 0.05) is 29.6 Å². The van der Waals surface area contributed by atoms with Crippen molar-refractivity contribution in [2.45, 2.75) is 45.2 Å². The van der Waals surface area contributed by atoms with Crippen LogP contribution in [0.1, 0.15) is 36.5 Å².